The number of nitrogens with one attached hydrogen (secondary N) is 2. The summed E-state index contributed by atoms with van der Waals surface area (Å²) in [7, 11) is 0. The molecule has 0 aliphatic carbocycles. The molecule has 0 fully saturated rings. The van der Waals surface area contributed by atoms with Crippen molar-refractivity contribution in [3.8, 4) is 0 Å². The first-order valence-electron chi connectivity index (χ1n) is 6.87. The highest BCUT2D eigenvalue weighted by molar-refractivity contribution is 5.92. The van der Waals surface area contributed by atoms with Crippen molar-refractivity contribution in [2.45, 2.75) is 19.3 Å². The Balaban J connectivity index is 1.67. The van der Waals surface area contributed by atoms with E-state index in [9.17, 15) is 4.79 Å². The van der Waals surface area contributed by atoms with Gasteiger partial charge in [-0.1, -0.05) is 12.1 Å². The predicted molar refractivity (Wildman–Crippen MR) is 79.8 cm³/mol. The third kappa shape index (κ3) is 2.96. The molecule has 4 nitrogen and oxygen atoms in total. The fourth-order valence-corrected chi connectivity index (χ4v) is 2.43. The number of rotatable bonds is 3. The molecule has 0 atom stereocenters. The largest absolute Gasteiger partial charge is 0.385 e. The molecule has 3 rings (SSSR count). The number of aromatic nitrogens is 1. The van der Waals surface area contributed by atoms with Crippen LogP contribution < -0.4 is 10.6 Å². The Bertz CT molecular complexity index is 610. The maximum atomic E-state index is 12.0. The van der Waals surface area contributed by atoms with Crippen molar-refractivity contribution in [1.29, 1.82) is 0 Å². The molecule has 0 saturated heterocycles. The number of nitrogens with zero attached hydrogens (tertiary/aromatic N) is 1. The summed E-state index contributed by atoms with van der Waals surface area (Å²) in [5.74, 6) is -0.0197. The number of anilines is 2. The van der Waals surface area contributed by atoms with Crippen LogP contribution in [0.5, 0.6) is 0 Å². The first kappa shape index (κ1) is 12.7. The molecule has 4 heteroatoms. The molecule has 0 bridgehead atoms. The van der Waals surface area contributed by atoms with Crippen LogP contribution in [-0.4, -0.2) is 17.4 Å². The first-order chi connectivity index (χ1) is 9.81. The Morgan fingerprint density at radius 3 is 3.15 bits per heavy atom. The van der Waals surface area contributed by atoms with Crippen LogP contribution in [0.2, 0.25) is 0 Å². The second kappa shape index (κ2) is 5.74. The molecule has 20 heavy (non-hydrogen) atoms. The average Bonchev–Trinajstić information content (AvgIpc) is 2.48. The van der Waals surface area contributed by atoms with E-state index in [0.29, 0.717) is 6.42 Å². The molecule has 1 aromatic heterocycles. The molecule has 2 heterocycles. The lowest BCUT2D eigenvalue weighted by molar-refractivity contribution is -0.115. The summed E-state index contributed by atoms with van der Waals surface area (Å²) in [5.41, 5.74) is 4.21. The maximum absolute atomic E-state index is 12.0. The molecule has 0 radical (unpaired) electrons. The number of hydrogen-bond donors (Lipinski definition) is 2. The minimum absolute atomic E-state index is 0.0197. The van der Waals surface area contributed by atoms with Gasteiger partial charge in [-0.3, -0.25) is 9.78 Å². The fourth-order valence-electron chi connectivity index (χ4n) is 2.43. The van der Waals surface area contributed by atoms with Crippen LogP contribution in [0, 0.1) is 0 Å². The summed E-state index contributed by atoms with van der Waals surface area (Å²) >= 11 is 0. The highest BCUT2D eigenvalue weighted by Gasteiger charge is 2.10. The van der Waals surface area contributed by atoms with E-state index in [0.717, 1.165) is 29.9 Å². The average molecular weight is 267 g/mol. The Hall–Kier alpha value is -2.36. The molecule has 1 aliphatic rings. The fraction of sp³-hybridized carbons (Fsp3) is 0.250. The van der Waals surface area contributed by atoms with Crippen molar-refractivity contribution in [3.05, 3.63) is 53.9 Å². The summed E-state index contributed by atoms with van der Waals surface area (Å²) in [6.45, 7) is 1.00. The van der Waals surface area contributed by atoms with Crippen molar-refractivity contribution in [2.75, 3.05) is 17.2 Å². The third-order valence-corrected chi connectivity index (χ3v) is 3.42. The van der Waals surface area contributed by atoms with Gasteiger partial charge in [0.05, 0.1) is 6.42 Å². The Morgan fingerprint density at radius 1 is 1.35 bits per heavy atom. The number of carbonyl (C=O) groups excluding carboxylic acids is 1. The van der Waals surface area contributed by atoms with E-state index in [-0.39, 0.29) is 5.91 Å². The summed E-state index contributed by atoms with van der Waals surface area (Å²) < 4.78 is 0. The van der Waals surface area contributed by atoms with Crippen molar-refractivity contribution < 1.29 is 4.79 Å². The van der Waals surface area contributed by atoms with Crippen LogP contribution >= 0.6 is 0 Å². The number of amides is 1. The molecular weight excluding hydrogens is 250 g/mol. The van der Waals surface area contributed by atoms with Gasteiger partial charge in [-0.2, -0.15) is 0 Å². The van der Waals surface area contributed by atoms with Gasteiger partial charge in [0, 0.05) is 30.3 Å². The first-order valence-corrected chi connectivity index (χ1v) is 6.87. The van der Waals surface area contributed by atoms with E-state index >= 15 is 0 Å². The number of aryl methyl sites for hydroxylation is 1. The lowest BCUT2D eigenvalue weighted by atomic mass is 10.0. The molecular formula is C16H17N3O. The van der Waals surface area contributed by atoms with E-state index < -0.39 is 0 Å². The number of fused-ring (bicyclic) bond motifs is 1. The molecule has 0 saturated carbocycles. The summed E-state index contributed by atoms with van der Waals surface area (Å²) in [6.07, 6.45) is 6.04. The van der Waals surface area contributed by atoms with Gasteiger partial charge in [0.2, 0.25) is 5.91 Å². The zero-order valence-corrected chi connectivity index (χ0v) is 11.2. The van der Waals surface area contributed by atoms with Crippen LogP contribution in [0.15, 0.2) is 42.7 Å². The van der Waals surface area contributed by atoms with Crippen LogP contribution in [0.1, 0.15) is 17.5 Å². The Morgan fingerprint density at radius 2 is 2.30 bits per heavy atom. The smallest absolute Gasteiger partial charge is 0.228 e. The number of carbonyl (C=O) groups is 1. The van der Waals surface area contributed by atoms with Crippen molar-refractivity contribution in [3.63, 3.8) is 0 Å². The number of benzene rings is 1. The van der Waals surface area contributed by atoms with E-state index in [2.05, 4.69) is 21.7 Å². The highest BCUT2D eigenvalue weighted by Crippen LogP contribution is 2.25. The highest BCUT2D eigenvalue weighted by atomic mass is 16.1. The molecule has 0 spiro atoms. The number of pyridine rings is 1. The summed E-state index contributed by atoms with van der Waals surface area (Å²) in [5, 5.41) is 6.30. The second-order valence-electron chi connectivity index (χ2n) is 4.99. The van der Waals surface area contributed by atoms with Gasteiger partial charge in [-0.15, -0.1) is 0 Å². The van der Waals surface area contributed by atoms with E-state index in [1.165, 1.54) is 12.0 Å². The lowest BCUT2D eigenvalue weighted by Crippen LogP contribution is -2.16. The van der Waals surface area contributed by atoms with Crippen molar-refractivity contribution >= 4 is 17.3 Å². The van der Waals surface area contributed by atoms with Gasteiger partial charge < -0.3 is 10.6 Å². The van der Waals surface area contributed by atoms with Crippen LogP contribution in [0.4, 0.5) is 11.4 Å². The van der Waals surface area contributed by atoms with E-state index in [1.807, 2.05) is 24.3 Å². The minimum atomic E-state index is -0.0197. The lowest BCUT2D eigenvalue weighted by Gasteiger charge is -2.18. The monoisotopic (exact) mass is 267 g/mol. The van der Waals surface area contributed by atoms with Crippen molar-refractivity contribution in [2.24, 2.45) is 0 Å². The second-order valence-corrected chi connectivity index (χ2v) is 4.99. The van der Waals surface area contributed by atoms with Crippen LogP contribution in [0.3, 0.4) is 0 Å². The topological polar surface area (TPSA) is 54.0 Å². The zero-order chi connectivity index (χ0) is 13.8. The molecule has 1 amide bonds. The van der Waals surface area contributed by atoms with E-state index in [1.54, 1.807) is 12.4 Å². The Labute approximate surface area is 118 Å². The number of hydrogen-bond acceptors (Lipinski definition) is 3. The van der Waals surface area contributed by atoms with Crippen LogP contribution in [-0.2, 0) is 17.6 Å². The van der Waals surface area contributed by atoms with Gasteiger partial charge >= 0.3 is 0 Å². The van der Waals surface area contributed by atoms with Gasteiger partial charge in [0.1, 0.15) is 0 Å². The molecule has 1 aromatic carbocycles. The summed E-state index contributed by atoms with van der Waals surface area (Å²) in [6, 6.07) is 9.80. The quantitative estimate of drug-likeness (QED) is 0.898. The molecule has 102 valence electrons. The molecule has 1 aliphatic heterocycles. The normalized spacial score (nSPS) is 13.2. The minimum Gasteiger partial charge on any atom is -0.385 e. The predicted octanol–water partition coefficient (Wildman–Crippen LogP) is 2.62. The molecule has 2 N–H and O–H groups in total. The third-order valence-electron chi connectivity index (χ3n) is 3.42. The summed E-state index contributed by atoms with van der Waals surface area (Å²) in [4.78, 5) is 16.0. The maximum Gasteiger partial charge on any atom is 0.228 e. The van der Waals surface area contributed by atoms with Crippen molar-refractivity contribution in [1.82, 2.24) is 4.98 Å². The van der Waals surface area contributed by atoms with Crippen LogP contribution in [0.25, 0.3) is 0 Å². The SMILES string of the molecule is O=C(Cc1cccnc1)Nc1ccc2c(c1)NCCC2. The Kier molecular flexibility index (Phi) is 3.63. The van der Waals surface area contributed by atoms with Gasteiger partial charge in [-0.25, -0.2) is 0 Å². The molecule has 0 unspecified atom stereocenters. The molecule has 2 aromatic rings. The van der Waals surface area contributed by atoms with Gasteiger partial charge in [0.25, 0.3) is 0 Å². The van der Waals surface area contributed by atoms with Gasteiger partial charge in [-0.05, 0) is 42.2 Å². The van der Waals surface area contributed by atoms with Gasteiger partial charge in [0.15, 0.2) is 0 Å². The van der Waals surface area contributed by atoms with E-state index in [4.69, 9.17) is 0 Å². The standard InChI is InChI=1S/C16H17N3O/c20-16(9-12-3-1-7-17-11-12)19-14-6-5-13-4-2-8-18-15(13)10-14/h1,3,5-7,10-11,18H,2,4,8-9H2,(H,19,20). The zero-order valence-electron chi connectivity index (χ0n) is 11.2.